The molecule has 2 rings (SSSR count). The fraction of sp³-hybridized carbons (Fsp3) is 0.500. The Kier molecular flexibility index (Phi) is 3.28. The molecule has 1 aliphatic carbocycles. The number of nitrogens with zero attached hydrogens (tertiary/aromatic N) is 1. The number of nitro benzene ring substituents is 1. The Morgan fingerprint density at radius 2 is 2.06 bits per heavy atom. The fourth-order valence-electron chi connectivity index (χ4n) is 2.48. The van der Waals surface area contributed by atoms with E-state index in [1.165, 1.54) is 25.0 Å². The molecule has 0 amide bonds. The Morgan fingerprint density at radius 1 is 1.41 bits per heavy atom. The van der Waals surface area contributed by atoms with Gasteiger partial charge in [0, 0.05) is 12.1 Å². The predicted molar refractivity (Wildman–Crippen MR) is 63.6 cm³/mol. The molecule has 3 N–H and O–H groups in total. The van der Waals surface area contributed by atoms with Crippen LogP contribution in [0.1, 0.15) is 37.3 Å². The van der Waals surface area contributed by atoms with Crippen LogP contribution in [-0.4, -0.2) is 10.0 Å². The van der Waals surface area contributed by atoms with Crippen molar-refractivity contribution in [3.05, 3.63) is 33.9 Å². The van der Waals surface area contributed by atoms with E-state index in [0.717, 1.165) is 18.4 Å². The molecule has 0 radical (unpaired) electrons. The highest BCUT2D eigenvalue weighted by molar-refractivity contribution is 5.48. The lowest BCUT2D eigenvalue weighted by Gasteiger charge is -2.19. The van der Waals surface area contributed by atoms with Gasteiger partial charge in [0.1, 0.15) is 0 Å². The Morgan fingerprint density at radius 3 is 2.65 bits per heavy atom. The molecule has 0 spiro atoms. The average Bonchev–Trinajstić information content (AvgIpc) is 2.81. The van der Waals surface area contributed by atoms with Crippen molar-refractivity contribution in [2.75, 3.05) is 0 Å². The minimum absolute atomic E-state index is 0.170. The van der Waals surface area contributed by atoms with Crippen LogP contribution in [0.2, 0.25) is 0 Å². The van der Waals surface area contributed by atoms with E-state index in [4.69, 9.17) is 5.73 Å². The van der Waals surface area contributed by atoms with E-state index in [0.29, 0.717) is 5.92 Å². The van der Waals surface area contributed by atoms with Gasteiger partial charge in [-0.2, -0.15) is 0 Å². The quantitative estimate of drug-likeness (QED) is 0.623. The minimum atomic E-state index is -0.583. The van der Waals surface area contributed by atoms with Gasteiger partial charge in [0.05, 0.1) is 4.92 Å². The lowest BCUT2D eigenvalue weighted by Crippen LogP contribution is -2.19. The molecule has 5 heteroatoms. The number of phenolic OH excluding ortho intramolecular Hbond substituents is 1. The van der Waals surface area contributed by atoms with Crippen LogP contribution in [0, 0.1) is 16.0 Å². The zero-order valence-electron chi connectivity index (χ0n) is 9.50. The second kappa shape index (κ2) is 4.71. The number of phenols is 1. The maximum absolute atomic E-state index is 10.7. The molecule has 1 aliphatic rings. The minimum Gasteiger partial charge on any atom is -0.502 e. The summed E-state index contributed by atoms with van der Waals surface area (Å²) >= 11 is 0. The Bertz CT molecular complexity index is 428. The van der Waals surface area contributed by atoms with Crippen molar-refractivity contribution < 1.29 is 10.0 Å². The van der Waals surface area contributed by atoms with E-state index < -0.39 is 4.92 Å². The van der Waals surface area contributed by atoms with Crippen molar-refractivity contribution in [2.45, 2.75) is 31.7 Å². The first-order chi connectivity index (χ1) is 8.09. The van der Waals surface area contributed by atoms with Gasteiger partial charge in [-0.15, -0.1) is 0 Å². The van der Waals surface area contributed by atoms with Crippen molar-refractivity contribution in [1.82, 2.24) is 0 Å². The monoisotopic (exact) mass is 236 g/mol. The van der Waals surface area contributed by atoms with Crippen LogP contribution < -0.4 is 5.73 Å². The normalized spacial score (nSPS) is 18.2. The lowest BCUT2D eigenvalue weighted by molar-refractivity contribution is -0.385. The van der Waals surface area contributed by atoms with Crippen molar-refractivity contribution in [2.24, 2.45) is 11.7 Å². The summed E-state index contributed by atoms with van der Waals surface area (Å²) in [4.78, 5) is 10.1. The van der Waals surface area contributed by atoms with Crippen molar-refractivity contribution >= 4 is 5.69 Å². The van der Waals surface area contributed by atoms with E-state index in [1.807, 2.05) is 0 Å². The average molecular weight is 236 g/mol. The van der Waals surface area contributed by atoms with Gasteiger partial charge >= 0.3 is 5.69 Å². The summed E-state index contributed by atoms with van der Waals surface area (Å²) in [5.74, 6) is 0.0940. The summed E-state index contributed by atoms with van der Waals surface area (Å²) in [6.45, 7) is 0. The third-order valence-electron chi connectivity index (χ3n) is 3.49. The van der Waals surface area contributed by atoms with Gasteiger partial charge in [0.25, 0.3) is 0 Å². The van der Waals surface area contributed by atoms with Crippen LogP contribution in [-0.2, 0) is 0 Å². The summed E-state index contributed by atoms with van der Waals surface area (Å²) in [5, 5.41) is 20.1. The number of nitrogens with two attached hydrogens (primary N) is 1. The molecule has 0 saturated heterocycles. The summed E-state index contributed by atoms with van der Waals surface area (Å²) in [6, 6.07) is 4.24. The van der Waals surface area contributed by atoms with Gasteiger partial charge in [-0.1, -0.05) is 18.9 Å². The number of nitro groups is 1. The zero-order chi connectivity index (χ0) is 12.4. The molecular formula is C12H16N2O3. The molecule has 1 aromatic rings. The maximum atomic E-state index is 10.7. The molecule has 0 aromatic heterocycles. The molecule has 1 atom stereocenters. The summed E-state index contributed by atoms with van der Waals surface area (Å²) < 4.78 is 0. The lowest BCUT2D eigenvalue weighted by atomic mass is 9.92. The molecule has 5 nitrogen and oxygen atoms in total. The molecule has 17 heavy (non-hydrogen) atoms. The van der Waals surface area contributed by atoms with Gasteiger partial charge in [-0.3, -0.25) is 10.1 Å². The van der Waals surface area contributed by atoms with Crippen LogP contribution in [0.15, 0.2) is 18.2 Å². The molecule has 0 unspecified atom stereocenters. The molecular weight excluding hydrogens is 220 g/mol. The summed E-state index contributed by atoms with van der Waals surface area (Å²) in [5.41, 5.74) is 6.58. The number of rotatable bonds is 3. The standard InChI is InChI=1S/C12H16N2O3/c13-12(8-3-1-2-4-8)9-5-6-11(15)10(7-9)14(16)17/h5-8,12,15H,1-4,13H2/t12-/m0/s1. The predicted octanol–water partition coefficient (Wildman–Crippen LogP) is 2.49. The van der Waals surface area contributed by atoms with Gasteiger partial charge < -0.3 is 10.8 Å². The van der Waals surface area contributed by atoms with Crippen LogP contribution >= 0.6 is 0 Å². The third kappa shape index (κ3) is 2.39. The van der Waals surface area contributed by atoms with Crippen molar-refractivity contribution in [1.29, 1.82) is 0 Å². The molecule has 92 valence electrons. The second-order valence-electron chi connectivity index (χ2n) is 4.58. The van der Waals surface area contributed by atoms with Crippen LogP contribution in [0.5, 0.6) is 5.75 Å². The van der Waals surface area contributed by atoms with Crippen molar-refractivity contribution in [3.63, 3.8) is 0 Å². The Balaban J connectivity index is 2.26. The summed E-state index contributed by atoms with van der Waals surface area (Å²) in [7, 11) is 0. The third-order valence-corrected chi connectivity index (χ3v) is 3.49. The van der Waals surface area contributed by atoms with Gasteiger partial charge in [-0.05, 0) is 30.4 Å². The number of hydrogen-bond donors (Lipinski definition) is 2. The van der Waals surface area contributed by atoms with Gasteiger partial charge in [0.2, 0.25) is 0 Å². The van der Waals surface area contributed by atoms with Gasteiger partial charge in [-0.25, -0.2) is 0 Å². The van der Waals surface area contributed by atoms with Crippen molar-refractivity contribution in [3.8, 4) is 5.75 Å². The highest BCUT2D eigenvalue weighted by Gasteiger charge is 2.25. The Labute approximate surface area is 99.4 Å². The summed E-state index contributed by atoms with van der Waals surface area (Å²) in [6.07, 6.45) is 4.52. The van der Waals surface area contributed by atoms with Crippen LogP contribution in [0.3, 0.4) is 0 Å². The van der Waals surface area contributed by atoms with Crippen LogP contribution in [0.25, 0.3) is 0 Å². The maximum Gasteiger partial charge on any atom is 0.311 e. The highest BCUT2D eigenvalue weighted by Crippen LogP contribution is 2.36. The van der Waals surface area contributed by atoms with E-state index in [2.05, 4.69) is 0 Å². The SMILES string of the molecule is N[C@H](c1ccc(O)c([N+](=O)[O-])c1)C1CCCC1. The van der Waals surface area contributed by atoms with Crippen LogP contribution in [0.4, 0.5) is 5.69 Å². The highest BCUT2D eigenvalue weighted by atomic mass is 16.6. The molecule has 0 bridgehead atoms. The van der Waals surface area contributed by atoms with E-state index >= 15 is 0 Å². The molecule has 0 aliphatic heterocycles. The fourth-order valence-corrected chi connectivity index (χ4v) is 2.48. The van der Waals surface area contributed by atoms with Gasteiger partial charge in [0.15, 0.2) is 5.75 Å². The zero-order valence-corrected chi connectivity index (χ0v) is 9.50. The van der Waals surface area contributed by atoms with E-state index in [1.54, 1.807) is 6.07 Å². The number of benzene rings is 1. The first-order valence-electron chi connectivity index (χ1n) is 5.82. The topological polar surface area (TPSA) is 89.4 Å². The Hall–Kier alpha value is -1.62. The number of hydrogen-bond acceptors (Lipinski definition) is 4. The first-order valence-corrected chi connectivity index (χ1v) is 5.82. The molecule has 1 aromatic carbocycles. The molecule has 1 fully saturated rings. The molecule has 0 heterocycles. The van der Waals surface area contributed by atoms with E-state index in [-0.39, 0.29) is 17.5 Å². The largest absolute Gasteiger partial charge is 0.502 e. The van der Waals surface area contributed by atoms with E-state index in [9.17, 15) is 15.2 Å². The smallest absolute Gasteiger partial charge is 0.311 e. The second-order valence-corrected chi connectivity index (χ2v) is 4.58. The number of aromatic hydroxyl groups is 1. The first kappa shape index (κ1) is 11.9. The molecule has 1 saturated carbocycles.